The van der Waals surface area contributed by atoms with Crippen LogP contribution in [-0.4, -0.2) is 40.7 Å². The molecule has 0 aromatic rings. The molecule has 0 saturated carbocycles. The first-order chi connectivity index (χ1) is 19.5. The van der Waals surface area contributed by atoms with Crippen LogP contribution >= 0.6 is 0 Å². The molecule has 0 rings (SSSR count). The number of hydrogen-bond donors (Lipinski definition) is 3. The van der Waals surface area contributed by atoms with Crippen molar-refractivity contribution in [3.63, 3.8) is 0 Å². The highest BCUT2D eigenvalue weighted by atomic mass is 16.3. The number of carbonyl (C=O) groups excluding carboxylic acids is 2. The van der Waals surface area contributed by atoms with Crippen LogP contribution < -0.4 is 5.32 Å². The van der Waals surface area contributed by atoms with Gasteiger partial charge in [-0.15, -0.1) is 0 Å². The van der Waals surface area contributed by atoms with Gasteiger partial charge in [-0.1, -0.05) is 134 Å². The lowest BCUT2D eigenvalue weighted by Crippen LogP contribution is -2.45. The van der Waals surface area contributed by atoms with Gasteiger partial charge in [0.05, 0.1) is 18.8 Å². The normalized spacial score (nSPS) is 13.5. The minimum atomic E-state index is -0.862. The summed E-state index contributed by atoms with van der Waals surface area (Å²) < 4.78 is 0. The Hall–Kier alpha value is -1.72. The van der Waals surface area contributed by atoms with E-state index in [2.05, 4.69) is 25.2 Å². The van der Waals surface area contributed by atoms with Crippen LogP contribution in [0.2, 0.25) is 0 Å². The zero-order valence-corrected chi connectivity index (χ0v) is 26.1. The highest BCUT2D eigenvalue weighted by Gasteiger charge is 2.17. The van der Waals surface area contributed by atoms with Crippen LogP contribution in [0.3, 0.4) is 0 Å². The SMILES string of the molecule is CCCCCCCCCCCC/C=C/[C@@H](O)[C@H](CO)NC(=O)CCCCCCC/C=C\C=C\C(=O)CCCCC. The number of amides is 1. The molecule has 232 valence electrons. The summed E-state index contributed by atoms with van der Waals surface area (Å²) in [6.07, 6.45) is 34.8. The van der Waals surface area contributed by atoms with E-state index in [9.17, 15) is 19.8 Å². The number of carbonyl (C=O) groups is 2. The third-order valence-corrected chi connectivity index (χ3v) is 7.34. The Bertz CT molecular complexity index is 670. The maximum absolute atomic E-state index is 12.3. The molecule has 5 nitrogen and oxygen atoms in total. The van der Waals surface area contributed by atoms with Crippen LogP contribution in [0.25, 0.3) is 0 Å². The molecule has 0 fully saturated rings. The van der Waals surface area contributed by atoms with E-state index in [1.54, 1.807) is 12.2 Å². The molecule has 40 heavy (non-hydrogen) atoms. The lowest BCUT2D eigenvalue weighted by atomic mass is 10.1. The Balaban J connectivity index is 3.77. The molecule has 0 aromatic carbocycles. The van der Waals surface area contributed by atoms with Gasteiger partial charge in [-0.3, -0.25) is 9.59 Å². The number of aliphatic hydroxyl groups excluding tert-OH is 2. The van der Waals surface area contributed by atoms with Crippen molar-refractivity contribution in [1.82, 2.24) is 5.32 Å². The maximum atomic E-state index is 12.3. The second-order valence-corrected chi connectivity index (χ2v) is 11.3. The number of nitrogens with one attached hydrogen (secondary N) is 1. The molecule has 0 aliphatic rings. The summed E-state index contributed by atoms with van der Waals surface area (Å²) in [7, 11) is 0. The third kappa shape index (κ3) is 26.5. The monoisotopic (exact) mass is 561 g/mol. The van der Waals surface area contributed by atoms with Crippen LogP contribution in [0.1, 0.15) is 155 Å². The summed E-state index contributed by atoms with van der Waals surface area (Å²) in [6, 6.07) is -0.649. The van der Waals surface area contributed by atoms with Crippen molar-refractivity contribution < 1.29 is 19.8 Å². The summed E-state index contributed by atoms with van der Waals surface area (Å²) in [5.41, 5.74) is 0. The van der Waals surface area contributed by atoms with Crippen molar-refractivity contribution in [1.29, 1.82) is 0 Å². The lowest BCUT2D eigenvalue weighted by molar-refractivity contribution is -0.123. The Morgan fingerprint density at radius 1 is 0.650 bits per heavy atom. The van der Waals surface area contributed by atoms with E-state index >= 15 is 0 Å². The summed E-state index contributed by atoms with van der Waals surface area (Å²) in [4.78, 5) is 23.9. The smallest absolute Gasteiger partial charge is 0.220 e. The molecule has 0 aliphatic carbocycles. The van der Waals surface area contributed by atoms with Crippen molar-refractivity contribution in [2.45, 2.75) is 167 Å². The molecule has 0 aliphatic heterocycles. The van der Waals surface area contributed by atoms with Crippen LogP contribution in [0.15, 0.2) is 36.5 Å². The van der Waals surface area contributed by atoms with E-state index in [0.717, 1.165) is 70.6 Å². The molecule has 0 heterocycles. The largest absolute Gasteiger partial charge is 0.394 e. The molecule has 5 heteroatoms. The van der Waals surface area contributed by atoms with E-state index in [1.165, 1.54) is 57.8 Å². The molecule has 0 spiro atoms. The Labute approximate surface area is 247 Å². The highest BCUT2D eigenvalue weighted by Crippen LogP contribution is 2.12. The van der Waals surface area contributed by atoms with Gasteiger partial charge >= 0.3 is 0 Å². The second kappa shape index (κ2) is 30.2. The number of ketones is 1. The summed E-state index contributed by atoms with van der Waals surface area (Å²) in [6.45, 7) is 4.12. The zero-order valence-electron chi connectivity index (χ0n) is 26.1. The lowest BCUT2D eigenvalue weighted by Gasteiger charge is -2.20. The van der Waals surface area contributed by atoms with E-state index in [-0.39, 0.29) is 18.3 Å². The van der Waals surface area contributed by atoms with Gasteiger partial charge in [0, 0.05) is 12.8 Å². The van der Waals surface area contributed by atoms with Crippen LogP contribution in [0.5, 0.6) is 0 Å². The Morgan fingerprint density at radius 3 is 1.75 bits per heavy atom. The fraction of sp³-hybridized carbons (Fsp3) is 0.771. The van der Waals surface area contributed by atoms with Crippen LogP contribution in [0, 0.1) is 0 Å². The quantitative estimate of drug-likeness (QED) is 0.0369. The van der Waals surface area contributed by atoms with Crippen molar-refractivity contribution in [3.8, 4) is 0 Å². The van der Waals surface area contributed by atoms with E-state index in [1.807, 2.05) is 18.2 Å². The standard InChI is InChI=1S/C35H63NO4/c1-3-5-7-8-9-10-11-12-15-18-21-25-29-34(39)33(31-37)36-35(40)30-26-22-19-16-13-14-17-20-24-28-32(38)27-23-6-4-2/h17,20,24-25,28-29,33-34,37,39H,3-16,18-19,21-23,26-27,30-31H2,1-2H3,(H,36,40)/b20-17-,28-24+,29-25+/t33-,34+/m0/s1. The Morgan fingerprint density at radius 2 is 1.15 bits per heavy atom. The van der Waals surface area contributed by atoms with Gasteiger partial charge in [-0.2, -0.15) is 0 Å². The predicted molar refractivity (Wildman–Crippen MR) is 170 cm³/mol. The van der Waals surface area contributed by atoms with Crippen molar-refractivity contribution in [2.75, 3.05) is 6.61 Å². The molecule has 0 aromatic heterocycles. The van der Waals surface area contributed by atoms with Crippen LogP contribution in [-0.2, 0) is 9.59 Å². The van der Waals surface area contributed by atoms with Gasteiger partial charge in [0.15, 0.2) is 5.78 Å². The fourth-order valence-electron chi connectivity index (χ4n) is 4.69. The molecular formula is C35H63NO4. The molecule has 2 atom stereocenters. The molecular weight excluding hydrogens is 498 g/mol. The van der Waals surface area contributed by atoms with Crippen molar-refractivity contribution in [2.24, 2.45) is 0 Å². The molecule has 1 amide bonds. The first-order valence-electron chi connectivity index (χ1n) is 16.7. The van der Waals surface area contributed by atoms with Gasteiger partial charge in [-0.25, -0.2) is 0 Å². The fourth-order valence-corrected chi connectivity index (χ4v) is 4.69. The summed E-state index contributed by atoms with van der Waals surface area (Å²) in [5.74, 6) is 0.0955. The first-order valence-corrected chi connectivity index (χ1v) is 16.7. The topological polar surface area (TPSA) is 86.6 Å². The van der Waals surface area contributed by atoms with E-state index < -0.39 is 12.1 Å². The number of allylic oxidation sites excluding steroid dienone is 5. The van der Waals surface area contributed by atoms with E-state index in [0.29, 0.717) is 12.8 Å². The van der Waals surface area contributed by atoms with Gasteiger partial charge in [0.2, 0.25) is 5.91 Å². The molecule has 3 N–H and O–H groups in total. The zero-order chi connectivity index (χ0) is 29.5. The summed E-state index contributed by atoms with van der Waals surface area (Å²) in [5, 5.41) is 22.7. The van der Waals surface area contributed by atoms with Crippen LogP contribution in [0.4, 0.5) is 0 Å². The number of rotatable bonds is 29. The number of unbranched alkanes of at least 4 members (excludes halogenated alkanes) is 17. The van der Waals surface area contributed by atoms with Gasteiger partial charge < -0.3 is 15.5 Å². The van der Waals surface area contributed by atoms with Gasteiger partial charge in [0.25, 0.3) is 0 Å². The van der Waals surface area contributed by atoms with Crippen molar-refractivity contribution in [3.05, 3.63) is 36.5 Å². The first kappa shape index (κ1) is 38.3. The molecule has 0 radical (unpaired) electrons. The number of aliphatic hydroxyl groups is 2. The van der Waals surface area contributed by atoms with Crippen molar-refractivity contribution >= 4 is 11.7 Å². The van der Waals surface area contributed by atoms with Gasteiger partial charge in [-0.05, 0) is 44.6 Å². The predicted octanol–water partition coefficient (Wildman–Crippen LogP) is 8.68. The average Bonchev–Trinajstić information content (AvgIpc) is 2.95. The molecule has 0 unspecified atom stereocenters. The summed E-state index contributed by atoms with van der Waals surface area (Å²) >= 11 is 0. The minimum absolute atomic E-state index is 0.111. The molecule has 0 bridgehead atoms. The van der Waals surface area contributed by atoms with E-state index in [4.69, 9.17) is 0 Å². The third-order valence-electron chi connectivity index (χ3n) is 7.34. The molecule has 0 saturated heterocycles. The second-order valence-electron chi connectivity index (χ2n) is 11.3. The number of hydrogen-bond acceptors (Lipinski definition) is 4. The van der Waals surface area contributed by atoms with Gasteiger partial charge in [0.1, 0.15) is 0 Å². The maximum Gasteiger partial charge on any atom is 0.220 e. The average molecular weight is 562 g/mol. The Kier molecular flexibility index (Phi) is 28.9. The minimum Gasteiger partial charge on any atom is -0.394 e. The highest BCUT2D eigenvalue weighted by molar-refractivity contribution is 5.89.